The van der Waals surface area contributed by atoms with E-state index < -0.39 is 0 Å². The molecule has 0 saturated heterocycles. The van der Waals surface area contributed by atoms with Gasteiger partial charge < -0.3 is 0 Å². The highest BCUT2D eigenvalue weighted by atomic mass is 14.3. The van der Waals surface area contributed by atoms with Crippen LogP contribution in [0.25, 0.3) is 0 Å². The lowest BCUT2D eigenvalue weighted by molar-refractivity contribution is 0.463. The number of unbranched alkanes of at least 4 members (excludes halogenated alkanes) is 6. The molecule has 0 heterocycles. The van der Waals surface area contributed by atoms with Crippen LogP contribution in [0.1, 0.15) is 84.0 Å². The second-order valence-corrected chi connectivity index (χ2v) is 6.34. The third kappa shape index (κ3) is 6.59. The summed E-state index contributed by atoms with van der Waals surface area (Å²) >= 11 is 0. The predicted octanol–water partition coefficient (Wildman–Crippen LogP) is 6.99. The van der Waals surface area contributed by atoms with Gasteiger partial charge >= 0.3 is 0 Å². The Morgan fingerprint density at radius 3 is 2.00 bits per heavy atom. The van der Waals surface area contributed by atoms with Gasteiger partial charge in [0.2, 0.25) is 0 Å². The van der Waals surface area contributed by atoms with E-state index >= 15 is 0 Å². The molecule has 114 valence electrons. The van der Waals surface area contributed by atoms with Crippen molar-refractivity contribution in [1.29, 1.82) is 0 Å². The van der Waals surface area contributed by atoms with E-state index in [-0.39, 0.29) is 0 Å². The van der Waals surface area contributed by atoms with Gasteiger partial charge in [0.25, 0.3) is 0 Å². The molecule has 1 aliphatic carbocycles. The van der Waals surface area contributed by atoms with E-state index in [9.17, 15) is 0 Å². The van der Waals surface area contributed by atoms with Crippen molar-refractivity contribution in [2.45, 2.75) is 84.0 Å². The molecular formula is C20H34. The van der Waals surface area contributed by atoms with E-state index in [4.69, 9.17) is 0 Å². The summed E-state index contributed by atoms with van der Waals surface area (Å²) in [5.41, 5.74) is 3.63. The zero-order valence-electron chi connectivity index (χ0n) is 13.6. The van der Waals surface area contributed by atoms with Gasteiger partial charge in [-0.15, -0.1) is 13.2 Å². The first-order valence-corrected chi connectivity index (χ1v) is 8.72. The molecule has 0 amide bonds. The minimum atomic E-state index is 0.880. The molecule has 1 rings (SSSR count). The Bertz CT molecular complexity index is 308. The van der Waals surface area contributed by atoms with Crippen molar-refractivity contribution in [2.75, 3.05) is 0 Å². The maximum absolute atomic E-state index is 3.82. The van der Waals surface area contributed by atoms with Crippen molar-refractivity contribution < 1.29 is 0 Å². The second-order valence-electron chi connectivity index (χ2n) is 6.34. The molecule has 20 heavy (non-hydrogen) atoms. The zero-order valence-corrected chi connectivity index (χ0v) is 13.6. The van der Waals surface area contributed by atoms with Crippen molar-refractivity contribution in [3.63, 3.8) is 0 Å². The average Bonchev–Trinajstić information content (AvgIpc) is 2.45. The molecule has 0 heteroatoms. The molecule has 0 aliphatic heterocycles. The number of allylic oxidation sites excluding steroid dienone is 4. The fraction of sp³-hybridized carbons (Fsp3) is 0.700. The van der Waals surface area contributed by atoms with Gasteiger partial charge in [0.05, 0.1) is 0 Å². The van der Waals surface area contributed by atoms with Crippen molar-refractivity contribution in [1.82, 2.24) is 0 Å². The van der Waals surface area contributed by atoms with Gasteiger partial charge in [-0.25, -0.2) is 0 Å². The highest BCUT2D eigenvalue weighted by Crippen LogP contribution is 2.38. The number of hydrogen-bond donors (Lipinski definition) is 0. The Morgan fingerprint density at radius 1 is 0.950 bits per heavy atom. The molecule has 0 bridgehead atoms. The predicted molar refractivity (Wildman–Crippen MR) is 92.0 cm³/mol. The van der Waals surface area contributed by atoms with Crippen LogP contribution in [0.5, 0.6) is 0 Å². The molecule has 0 spiro atoms. The third-order valence-corrected chi connectivity index (χ3v) is 4.67. The van der Waals surface area contributed by atoms with Gasteiger partial charge in [-0.1, -0.05) is 43.1 Å². The molecule has 0 N–H and O–H groups in total. The highest BCUT2D eigenvalue weighted by molar-refractivity contribution is 5.22. The molecular weight excluding hydrogens is 240 g/mol. The molecule has 0 nitrogen and oxygen atoms in total. The van der Waals surface area contributed by atoms with Crippen molar-refractivity contribution in [2.24, 2.45) is 5.92 Å². The molecule has 1 unspecified atom stereocenters. The van der Waals surface area contributed by atoms with Crippen LogP contribution in [0.2, 0.25) is 0 Å². The van der Waals surface area contributed by atoms with Gasteiger partial charge in [0.1, 0.15) is 0 Å². The standard InChI is InChI=1S/C20H34/c1-4-6-8-10-11-13-15-19(14-12-9-7-5-2)20-17-16-18(20)3/h4-5,18H,1-2,6-17H2,3H3. The van der Waals surface area contributed by atoms with Crippen LogP contribution >= 0.6 is 0 Å². The largest absolute Gasteiger partial charge is 0.103 e. The van der Waals surface area contributed by atoms with E-state index in [0.717, 1.165) is 5.92 Å². The number of hydrogen-bond acceptors (Lipinski definition) is 0. The van der Waals surface area contributed by atoms with Crippen molar-refractivity contribution in [3.8, 4) is 0 Å². The normalized spacial score (nSPS) is 20.4. The summed E-state index contributed by atoms with van der Waals surface area (Å²) in [5, 5.41) is 0. The van der Waals surface area contributed by atoms with Crippen molar-refractivity contribution in [3.05, 3.63) is 36.5 Å². The van der Waals surface area contributed by atoms with Gasteiger partial charge in [-0.05, 0) is 70.1 Å². The van der Waals surface area contributed by atoms with Crippen LogP contribution in [0.15, 0.2) is 36.5 Å². The Kier molecular flexibility index (Phi) is 9.45. The maximum atomic E-state index is 3.82. The van der Waals surface area contributed by atoms with E-state index in [2.05, 4.69) is 26.2 Å². The molecule has 0 aromatic rings. The topological polar surface area (TPSA) is 0 Å². The molecule has 0 aromatic heterocycles. The Labute approximate surface area is 127 Å². The van der Waals surface area contributed by atoms with E-state index in [1.807, 2.05) is 17.2 Å². The minimum absolute atomic E-state index is 0.880. The SMILES string of the molecule is C=CCCCCCCC(CCCCC=C)=C1CCC1C. The first-order valence-electron chi connectivity index (χ1n) is 8.72. The van der Waals surface area contributed by atoms with Crippen LogP contribution in [-0.2, 0) is 0 Å². The summed E-state index contributed by atoms with van der Waals surface area (Å²) < 4.78 is 0. The molecule has 1 fully saturated rings. The first-order chi connectivity index (χ1) is 9.79. The first kappa shape index (κ1) is 17.3. The zero-order chi connectivity index (χ0) is 14.6. The lowest BCUT2D eigenvalue weighted by Gasteiger charge is -2.30. The summed E-state index contributed by atoms with van der Waals surface area (Å²) in [6, 6.07) is 0. The average molecular weight is 274 g/mol. The number of rotatable bonds is 12. The van der Waals surface area contributed by atoms with Gasteiger partial charge in [-0.3, -0.25) is 0 Å². The van der Waals surface area contributed by atoms with Crippen LogP contribution in [0.4, 0.5) is 0 Å². The van der Waals surface area contributed by atoms with E-state index in [1.165, 1.54) is 77.0 Å². The van der Waals surface area contributed by atoms with E-state index in [1.54, 1.807) is 0 Å². The lowest BCUT2D eigenvalue weighted by atomic mass is 9.76. The van der Waals surface area contributed by atoms with Crippen molar-refractivity contribution >= 4 is 0 Å². The van der Waals surface area contributed by atoms with Crippen LogP contribution < -0.4 is 0 Å². The summed E-state index contributed by atoms with van der Waals surface area (Å²) in [6.07, 6.45) is 20.1. The molecule has 1 atom stereocenters. The molecule has 1 aliphatic rings. The van der Waals surface area contributed by atoms with Crippen LogP contribution in [0.3, 0.4) is 0 Å². The summed E-state index contributed by atoms with van der Waals surface area (Å²) in [4.78, 5) is 0. The van der Waals surface area contributed by atoms with Gasteiger partial charge in [0.15, 0.2) is 0 Å². The molecule has 1 saturated carbocycles. The third-order valence-electron chi connectivity index (χ3n) is 4.67. The summed E-state index contributed by atoms with van der Waals surface area (Å²) in [6.45, 7) is 10.0. The van der Waals surface area contributed by atoms with E-state index in [0.29, 0.717) is 0 Å². The van der Waals surface area contributed by atoms with Gasteiger partial charge in [-0.2, -0.15) is 0 Å². The minimum Gasteiger partial charge on any atom is -0.103 e. The monoisotopic (exact) mass is 274 g/mol. The highest BCUT2D eigenvalue weighted by Gasteiger charge is 2.22. The van der Waals surface area contributed by atoms with Crippen LogP contribution in [-0.4, -0.2) is 0 Å². The Hall–Kier alpha value is -0.780. The summed E-state index contributed by atoms with van der Waals surface area (Å²) in [7, 11) is 0. The quantitative estimate of drug-likeness (QED) is 0.266. The molecule has 0 aromatic carbocycles. The lowest BCUT2D eigenvalue weighted by Crippen LogP contribution is -2.14. The fourth-order valence-corrected chi connectivity index (χ4v) is 3.16. The second kappa shape index (κ2) is 10.9. The maximum Gasteiger partial charge on any atom is -0.0226 e. The molecule has 0 radical (unpaired) electrons. The van der Waals surface area contributed by atoms with Crippen LogP contribution in [0, 0.1) is 5.92 Å². The van der Waals surface area contributed by atoms with Gasteiger partial charge in [0, 0.05) is 0 Å². The Morgan fingerprint density at radius 2 is 1.50 bits per heavy atom. The summed E-state index contributed by atoms with van der Waals surface area (Å²) in [5.74, 6) is 0.880. The Balaban J connectivity index is 2.26. The fourth-order valence-electron chi connectivity index (χ4n) is 3.16. The smallest absolute Gasteiger partial charge is 0.0226 e.